The molecule has 0 aliphatic carbocycles. The first-order chi connectivity index (χ1) is 6.51. The van der Waals surface area contributed by atoms with Gasteiger partial charge in [0.25, 0.3) is 0 Å². The Morgan fingerprint density at radius 1 is 1.14 bits per heavy atom. The van der Waals surface area contributed by atoms with Gasteiger partial charge in [-0.3, -0.25) is 9.59 Å². The number of thiol groups is 2. The van der Waals surface area contributed by atoms with Crippen molar-refractivity contribution in [3.05, 3.63) is 0 Å². The van der Waals surface area contributed by atoms with Crippen molar-refractivity contribution in [2.24, 2.45) is 0 Å². The Labute approximate surface area is 94.7 Å². The van der Waals surface area contributed by atoms with Crippen molar-refractivity contribution >= 4 is 37.4 Å². The van der Waals surface area contributed by atoms with E-state index in [2.05, 4.69) is 35.1 Å². The number of carbonyl (C=O) groups is 2. The molecule has 0 saturated heterocycles. The highest BCUT2D eigenvalue weighted by atomic mass is 32.1. The minimum Gasteiger partial charge on any atom is -0.305 e. The lowest BCUT2D eigenvalue weighted by Crippen LogP contribution is -2.36. The molecule has 0 aromatic carbocycles. The van der Waals surface area contributed by atoms with Crippen LogP contribution < -0.4 is 9.44 Å². The lowest BCUT2D eigenvalue weighted by molar-refractivity contribution is -0.122. The molecule has 0 aliphatic rings. The van der Waals surface area contributed by atoms with Crippen LogP contribution in [0.5, 0.6) is 0 Å². The molecule has 0 spiro atoms. The topological polar surface area (TPSA) is 61.4 Å². The molecule has 0 fully saturated rings. The van der Waals surface area contributed by atoms with Crippen LogP contribution in [0.15, 0.2) is 0 Å². The quantitative estimate of drug-likeness (QED) is 0.493. The van der Waals surface area contributed by atoms with Gasteiger partial charge in [0.1, 0.15) is 0 Å². The van der Waals surface area contributed by atoms with Crippen molar-refractivity contribution in [1.29, 1.82) is 0 Å². The fourth-order valence-corrected chi connectivity index (χ4v) is 1.14. The molecule has 0 atom stereocenters. The normalized spacial score (nSPS) is 10.4. The molecule has 0 saturated carbocycles. The number of carbonyl (C=O) groups excluding carboxylic acids is 2. The van der Waals surface area contributed by atoms with Gasteiger partial charge in [0.15, 0.2) is 0 Å². The van der Waals surface area contributed by atoms with Crippen molar-refractivity contribution in [2.75, 3.05) is 14.1 Å². The van der Waals surface area contributed by atoms with E-state index < -0.39 is 0 Å². The van der Waals surface area contributed by atoms with E-state index in [1.807, 2.05) is 19.0 Å². The van der Waals surface area contributed by atoms with Crippen molar-refractivity contribution in [1.82, 2.24) is 14.3 Å². The number of nitrogens with zero attached hydrogens (tertiary/aromatic N) is 1. The van der Waals surface area contributed by atoms with E-state index in [0.717, 1.165) is 0 Å². The third-order valence-corrected chi connectivity index (χ3v) is 2.32. The van der Waals surface area contributed by atoms with Crippen molar-refractivity contribution in [2.45, 2.75) is 18.9 Å². The molecule has 0 heterocycles. The van der Waals surface area contributed by atoms with Crippen molar-refractivity contribution in [3.63, 3.8) is 0 Å². The van der Waals surface area contributed by atoms with E-state index in [4.69, 9.17) is 0 Å². The Morgan fingerprint density at radius 2 is 1.50 bits per heavy atom. The molecular weight excluding hydrogens is 222 g/mol. The number of rotatable bonds is 5. The smallest absolute Gasteiger partial charge is 0.231 e. The van der Waals surface area contributed by atoms with Gasteiger partial charge in [-0.1, -0.05) is 25.6 Å². The Kier molecular flexibility index (Phi) is 6.77. The molecule has 0 unspecified atom stereocenters. The Morgan fingerprint density at radius 3 is 1.71 bits per heavy atom. The fourth-order valence-electron chi connectivity index (χ4n) is 0.957. The lowest BCUT2D eigenvalue weighted by Gasteiger charge is -2.22. The minimum atomic E-state index is -0.209. The summed E-state index contributed by atoms with van der Waals surface area (Å²) in [6, 6.07) is -0.144. The average molecular weight is 237 g/mol. The molecule has 0 aromatic heterocycles. The SMILES string of the molecule is CN(C)C(CC(=O)NS)CC(=O)NS. The summed E-state index contributed by atoms with van der Waals surface area (Å²) in [6.07, 6.45) is 0.468. The van der Waals surface area contributed by atoms with Gasteiger partial charge in [0, 0.05) is 18.9 Å². The molecule has 0 rings (SSSR count). The molecule has 7 heteroatoms. The highest BCUT2D eigenvalue weighted by Gasteiger charge is 2.18. The number of nitrogens with one attached hydrogen (secondary N) is 2. The van der Waals surface area contributed by atoms with Crippen LogP contribution in [-0.4, -0.2) is 36.9 Å². The van der Waals surface area contributed by atoms with Crippen molar-refractivity contribution in [3.8, 4) is 0 Å². The van der Waals surface area contributed by atoms with Crippen LogP contribution in [0.3, 0.4) is 0 Å². The van der Waals surface area contributed by atoms with Crippen LogP contribution in [0, 0.1) is 0 Å². The van der Waals surface area contributed by atoms with Gasteiger partial charge in [0.05, 0.1) is 0 Å². The summed E-state index contributed by atoms with van der Waals surface area (Å²) in [4.78, 5) is 23.9. The zero-order valence-electron chi connectivity index (χ0n) is 8.15. The monoisotopic (exact) mass is 237 g/mol. The maximum Gasteiger partial charge on any atom is 0.231 e. The van der Waals surface area contributed by atoms with E-state index in [0.29, 0.717) is 0 Å². The van der Waals surface area contributed by atoms with E-state index in [-0.39, 0.29) is 30.7 Å². The Bertz CT molecular complexity index is 193. The summed E-state index contributed by atoms with van der Waals surface area (Å²) in [5.41, 5.74) is 0. The highest BCUT2D eigenvalue weighted by Crippen LogP contribution is 2.05. The first-order valence-electron chi connectivity index (χ1n) is 4.03. The number of hydrogen-bond donors (Lipinski definition) is 4. The molecule has 5 nitrogen and oxygen atoms in total. The maximum absolute atomic E-state index is 11.0. The minimum absolute atomic E-state index is 0.144. The van der Waals surface area contributed by atoms with Gasteiger partial charge in [-0.25, -0.2) is 0 Å². The first kappa shape index (κ1) is 13.6. The predicted molar refractivity (Wildman–Crippen MR) is 61.0 cm³/mol. The van der Waals surface area contributed by atoms with Crippen LogP contribution in [-0.2, 0) is 9.59 Å². The van der Waals surface area contributed by atoms with Gasteiger partial charge in [-0.2, -0.15) is 0 Å². The molecule has 0 bridgehead atoms. The zero-order valence-corrected chi connectivity index (χ0v) is 9.94. The van der Waals surface area contributed by atoms with Crippen LogP contribution in [0.1, 0.15) is 12.8 Å². The van der Waals surface area contributed by atoms with Gasteiger partial charge in [-0.15, -0.1) is 0 Å². The van der Waals surface area contributed by atoms with Gasteiger partial charge < -0.3 is 14.3 Å². The third kappa shape index (κ3) is 5.36. The third-order valence-electron chi connectivity index (χ3n) is 1.82. The number of amides is 2. The molecule has 14 heavy (non-hydrogen) atoms. The van der Waals surface area contributed by atoms with E-state index >= 15 is 0 Å². The van der Waals surface area contributed by atoms with Crippen LogP contribution in [0.25, 0.3) is 0 Å². The second-order valence-corrected chi connectivity index (χ2v) is 3.54. The van der Waals surface area contributed by atoms with Gasteiger partial charge in [0.2, 0.25) is 11.8 Å². The Hall–Kier alpha value is -0.400. The molecule has 0 aliphatic heterocycles. The number of hydrogen-bond acceptors (Lipinski definition) is 5. The fraction of sp³-hybridized carbons (Fsp3) is 0.714. The molecule has 0 radical (unpaired) electrons. The van der Waals surface area contributed by atoms with Gasteiger partial charge in [-0.05, 0) is 14.1 Å². The zero-order chi connectivity index (χ0) is 11.1. The predicted octanol–water partition coefficient (Wildman–Crippen LogP) is -0.381. The summed E-state index contributed by atoms with van der Waals surface area (Å²) in [6.45, 7) is 0. The summed E-state index contributed by atoms with van der Waals surface area (Å²) >= 11 is 7.28. The first-order valence-corrected chi connectivity index (χ1v) is 4.93. The molecule has 82 valence electrons. The lowest BCUT2D eigenvalue weighted by atomic mass is 10.1. The average Bonchev–Trinajstić information content (AvgIpc) is 2.16. The molecule has 2 amide bonds. The highest BCUT2D eigenvalue weighted by molar-refractivity contribution is 7.78. The van der Waals surface area contributed by atoms with Crippen LogP contribution in [0.2, 0.25) is 0 Å². The Balaban J connectivity index is 4.16. The standard InChI is InChI=1S/C7H15N3O2S2/c1-10(2)5(3-6(11)8-13)4-7(12)9-14/h5,13-14H,3-4H2,1-2H3,(H,8,11)(H,9,12). The summed E-state index contributed by atoms with van der Waals surface area (Å²) in [7, 11) is 3.62. The van der Waals surface area contributed by atoms with E-state index in [1.54, 1.807) is 0 Å². The second-order valence-electron chi connectivity index (χ2n) is 3.10. The van der Waals surface area contributed by atoms with E-state index in [9.17, 15) is 9.59 Å². The van der Waals surface area contributed by atoms with E-state index in [1.165, 1.54) is 0 Å². The second kappa shape index (κ2) is 6.97. The molecular formula is C7H15N3O2S2. The summed E-state index contributed by atoms with van der Waals surface area (Å²) in [5.74, 6) is -0.419. The van der Waals surface area contributed by atoms with Crippen molar-refractivity contribution < 1.29 is 9.59 Å². The maximum atomic E-state index is 11.0. The molecule has 0 aromatic rings. The van der Waals surface area contributed by atoms with Crippen LogP contribution in [0.4, 0.5) is 0 Å². The van der Waals surface area contributed by atoms with Gasteiger partial charge >= 0.3 is 0 Å². The largest absolute Gasteiger partial charge is 0.305 e. The summed E-state index contributed by atoms with van der Waals surface area (Å²) in [5, 5.41) is 0. The summed E-state index contributed by atoms with van der Waals surface area (Å²) < 4.78 is 4.44. The van der Waals surface area contributed by atoms with Crippen LogP contribution >= 0.6 is 25.6 Å². The molecule has 2 N–H and O–H groups in total.